The highest BCUT2D eigenvalue weighted by molar-refractivity contribution is 9.08. The lowest BCUT2D eigenvalue weighted by Crippen LogP contribution is -1.77. The summed E-state index contributed by atoms with van der Waals surface area (Å²) in [5.41, 5.74) is 4.09. The van der Waals surface area contributed by atoms with Crippen LogP contribution in [-0.2, 0) is 5.33 Å². The monoisotopic (exact) mass is 287 g/mol. The van der Waals surface area contributed by atoms with Crippen LogP contribution in [0.25, 0.3) is 22.2 Å². The summed E-state index contributed by atoms with van der Waals surface area (Å²) in [6.07, 6.45) is 0. The lowest BCUT2D eigenvalue weighted by Gasteiger charge is -1.99. The minimum absolute atomic E-state index is 0.641. The third-order valence-electron chi connectivity index (χ3n) is 2.65. The Kier molecular flexibility index (Phi) is 2.69. The second-order valence-corrected chi connectivity index (χ2v) is 4.35. The van der Waals surface area contributed by atoms with Gasteiger partial charge < -0.3 is 4.42 Å². The highest BCUT2D eigenvalue weighted by Crippen LogP contribution is 2.25. The van der Waals surface area contributed by atoms with E-state index in [1.54, 1.807) is 0 Å². The van der Waals surface area contributed by atoms with Gasteiger partial charge in [-0.05, 0) is 23.3 Å². The van der Waals surface area contributed by atoms with Gasteiger partial charge >= 0.3 is 0 Å². The van der Waals surface area contributed by atoms with E-state index in [0.717, 1.165) is 16.7 Å². The summed E-state index contributed by atoms with van der Waals surface area (Å²) in [5, 5.41) is 0.641. The highest BCUT2D eigenvalue weighted by atomic mass is 79.9. The molecule has 3 rings (SSSR count). The molecule has 0 aliphatic rings. The van der Waals surface area contributed by atoms with E-state index in [-0.39, 0.29) is 0 Å². The molecule has 0 aliphatic carbocycles. The lowest BCUT2D eigenvalue weighted by molar-refractivity contribution is 0.557. The first kappa shape index (κ1) is 10.5. The van der Waals surface area contributed by atoms with E-state index in [0.29, 0.717) is 11.2 Å². The van der Waals surface area contributed by atoms with Crippen LogP contribution < -0.4 is 0 Å². The van der Waals surface area contributed by atoms with Crippen molar-refractivity contribution in [3.8, 4) is 11.1 Å². The Morgan fingerprint density at radius 2 is 1.82 bits per heavy atom. The van der Waals surface area contributed by atoms with Gasteiger partial charge in [0.1, 0.15) is 5.52 Å². The zero-order chi connectivity index (χ0) is 11.7. The Balaban J connectivity index is 2.13. The zero-order valence-electron chi connectivity index (χ0n) is 9.06. The first-order valence-corrected chi connectivity index (χ1v) is 6.50. The molecule has 17 heavy (non-hydrogen) atoms. The number of rotatable bonds is 2. The zero-order valence-corrected chi connectivity index (χ0v) is 10.6. The number of fused-ring (bicyclic) bond motifs is 1. The van der Waals surface area contributed by atoms with Crippen molar-refractivity contribution in [3.63, 3.8) is 0 Å². The van der Waals surface area contributed by atoms with Gasteiger partial charge in [-0.3, -0.25) is 0 Å². The van der Waals surface area contributed by atoms with Crippen LogP contribution in [0.5, 0.6) is 0 Å². The van der Waals surface area contributed by atoms with Gasteiger partial charge in [-0.1, -0.05) is 52.3 Å². The van der Waals surface area contributed by atoms with E-state index < -0.39 is 0 Å². The molecule has 3 aromatic rings. The maximum Gasteiger partial charge on any atom is 0.206 e. The van der Waals surface area contributed by atoms with Gasteiger partial charge in [0, 0.05) is 0 Å². The van der Waals surface area contributed by atoms with Crippen LogP contribution >= 0.6 is 15.9 Å². The molecular formula is C14H10BrNO. The molecule has 0 N–H and O–H groups in total. The molecule has 0 amide bonds. The van der Waals surface area contributed by atoms with Crippen molar-refractivity contribution in [2.75, 3.05) is 0 Å². The largest absolute Gasteiger partial charge is 0.440 e. The molecule has 3 heteroatoms. The molecule has 1 heterocycles. The van der Waals surface area contributed by atoms with Crippen molar-refractivity contribution in [2.24, 2.45) is 0 Å². The molecule has 0 saturated carbocycles. The Labute approximate surface area is 107 Å². The minimum Gasteiger partial charge on any atom is -0.440 e. The van der Waals surface area contributed by atoms with Crippen LogP contribution in [-0.4, -0.2) is 4.98 Å². The van der Waals surface area contributed by atoms with Crippen molar-refractivity contribution < 1.29 is 4.42 Å². The van der Waals surface area contributed by atoms with Crippen molar-refractivity contribution in [3.05, 3.63) is 54.4 Å². The molecule has 0 radical (unpaired) electrons. The van der Waals surface area contributed by atoms with Gasteiger partial charge in [0.2, 0.25) is 5.89 Å². The second kappa shape index (κ2) is 4.34. The number of halogens is 1. The molecule has 1 aromatic heterocycles. The molecule has 0 unspecified atom stereocenters. The third kappa shape index (κ3) is 1.98. The number of nitrogens with zero attached hydrogens (tertiary/aromatic N) is 1. The van der Waals surface area contributed by atoms with Crippen molar-refractivity contribution in [1.29, 1.82) is 0 Å². The summed E-state index contributed by atoms with van der Waals surface area (Å²) in [7, 11) is 0. The Hall–Kier alpha value is -1.61. The molecular weight excluding hydrogens is 278 g/mol. The van der Waals surface area contributed by atoms with Gasteiger partial charge in [-0.25, -0.2) is 4.98 Å². The number of benzene rings is 2. The topological polar surface area (TPSA) is 26.0 Å². The summed E-state index contributed by atoms with van der Waals surface area (Å²) in [5.74, 6) is 0.713. The molecule has 2 nitrogen and oxygen atoms in total. The summed E-state index contributed by atoms with van der Waals surface area (Å²) in [6.45, 7) is 0. The van der Waals surface area contributed by atoms with E-state index >= 15 is 0 Å². The second-order valence-electron chi connectivity index (χ2n) is 3.79. The number of hydrogen-bond donors (Lipinski definition) is 0. The smallest absolute Gasteiger partial charge is 0.206 e. The van der Waals surface area contributed by atoms with E-state index in [9.17, 15) is 0 Å². The molecule has 0 saturated heterocycles. The average Bonchev–Trinajstić information content (AvgIpc) is 2.81. The van der Waals surface area contributed by atoms with Gasteiger partial charge in [-0.2, -0.15) is 0 Å². The fraction of sp³-hybridized carbons (Fsp3) is 0.0714. The van der Waals surface area contributed by atoms with Crippen LogP contribution in [0.2, 0.25) is 0 Å². The van der Waals surface area contributed by atoms with Crippen LogP contribution in [0.1, 0.15) is 5.89 Å². The summed E-state index contributed by atoms with van der Waals surface area (Å²) in [6, 6.07) is 16.3. The number of alkyl halides is 1. The van der Waals surface area contributed by atoms with Crippen molar-refractivity contribution in [1.82, 2.24) is 4.98 Å². The fourth-order valence-electron chi connectivity index (χ4n) is 1.84. The number of hydrogen-bond acceptors (Lipinski definition) is 2. The summed E-state index contributed by atoms with van der Waals surface area (Å²) < 4.78 is 5.55. The van der Waals surface area contributed by atoms with E-state index in [2.05, 4.69) is 45.2 Å². The van der Waals surface area contributed by atoms with Gasteiger partial charge in [0.25, 0.3) is 0 Å². The van der Waals surface area contributed by atoms with Crippen molar-refractivity contribution in [2.45, 2.75) is 5.33 Å². The predicted octanol–water partition coefficient (Wildman–Crippen LogP) is 4.39. The summed E-state index contributed by atoms with van der Waals surface area (Å²) >= 11 is 3.34. The average molecular weight is 288 g/mol. The normalized spacial score (nSPS) is 10.9. The van der Waals surface area contributed by atoms with E-state index in [4.69, 9.17) is 4.42 Å². The Morgan fingerprint density at radius 1 is 1.00 bits per heavy atom. The van der Waals surface area contributed by atoms with Crippen LogP contribution in [0.4, 0.5) is 0 Å². The Bertz CT molecular complexity index is 646. The SMILES string of the molecule is BrCc1nc2cc(-c3ccccc3)ccc2o1. The summed E-state index contributed by atoms with van der Waals surface area (Å²) in [4.78, 5) is 4.40. The predicted molar refractivity (Wildman–Crippen MR) is 72.1 cm³/mol. The molecule has 0 spiro atoms. The van der Waals surface area contributed by atoms with Gasteiger partial charge in [-0.15, -0.1) is 0 Å². The molecule has 2 aromatic carbocycles. The number of aromatic nitrogens is 1. The molecule has 0 atom stereocenters. The fourth-order valence-corrected chi connectivity index (χ4v) is 2.08. The molecule has 0 fully saturated rings. The van der Waals surface area contributed by atoms with Crippen molar-refractivity contribution >= 4 is 27.0 Å². The van der Waals surface area contributed by atoms with Crippen LogP contribution in [0.15, 0.2) is 52.9 Å². The minimum atomic E-state index is 0.641. The standard InChI is InChI=1S/C14H10BrNO/c15-9-14-16-12-8-11(6-7-13(12)17-14)10-4-2-1-3-5-10/h1-8H,9H2. The lowest BCUT2D eigenvalue weighted by atomic mass is 10.1. The maximum absolute atomic E-state index is 5.55. The first-order valence-electron chi connectivity index (χ1n) is 5.37. The van der Waals surface area contributed by atoms with E-state index in [1.807, 2.05) is 24.3 Å². The molecule has 0 aliphatic heterocycles. The molecule has 0 bridgehead atoms. The number of oxazole rings is 1. The maximum atomic E-state index is 5.55. The van der Waals surface area contributed by atoms with Crippen LogP contribution in [0.3, 0.4) is 0 Å². The van der Waals surface area contributed by atoms with E-state index in [1.165, 1.54) is 5.56 Å². The highest BCUT2D eigenvalue weighted by Gasteiger charge is 2.05. The van der Waals surface area contributed by atoms with Crippen LogP contribution in [0, 0.1) is 0 Å². The molecule has 84 valence electrons. The first-order chi connectivity index (χ1) is 8.36. The quantitative estimate of drug-likeness (QED) is 0.654. The van der Waals surface area contributed by atoms with Gasteiger partial charge in [0.15, 0.2) is 5.58 Å². The third-order valence-corrected chi connectivity index (χ3v) is 3.13. The van der Waals surface area contributed by atoms with Gasteiger partial charge in [0.05, 0.1) is 5.33 Å². The Morgan fingerprint density at radius 3 is 2.59 bits per heavy atom.